The molecule has 2 aromatic carbocycles. The Morgan fingerprint density at radius 1 is 1.16 bits per heavy atom. The molecule has 172 valence electrons. The highest BCUT2D eigenvalue weighted by Gasteiger charge is 2.31. The van der Waals surface area contributed by atoms with Gasteiger partial charge in [0.2, 0.25) is 0 Å². The van der Waals surface area contributed by atoms with Crippen LogP contribution in [0.4, 0.5) is 4.39 Å². The van der Waals surface area contributed by atoms with E-state index in [1.54, 1.807) is 12.1 Å². The Hall–Kier alpha value is -1.82. The lowest BCUT2D eigenvalue weighted by molar-refractivity contribution is 0.0595. The number of nitrogens with zero attached hydrogens (tertiary/aromatic N) is 1. The van der Waals surface area contributed by atoms with Crippen LogP contribution in [0.25, 0.3) is 0 Å². The Labute approximate surface area is 198 Å². The highest BCUT2D eigenvalue weighted by atomic mass is 35.5. The lowest BCUT2D eigenvalue weighted by Gasteiger charge is -2.37. The van der Waals surface area contributed by atoms with E-state index in [4.69, 9.17) is 32.7 Å². The summed E-state index contributed by atoms with van der Waals surface area (Å²) in [6.45, 7) is 4.55. The normalized spacial score (nSPS) is 20.1. The minimum atomic E-state index is -0.658. The van der Waals surface area contributed by atoms with Crippen LogP contribution in [-0.4, -0.2) is 37.7 Å². The van der Waals surface area contributed by atoms with Crippen molar-refractivity contribution < 1.29 is 18.7 Å². The molecule has 4 rings (SSSR count). The lowest BCUT2D eigenvalue weighted by atomic mass is 9.95. The number of methoxy groups -OCH3 is 1. The van der Waals surface area contributed by atoms with Crippen molar-refractivity contribution in [3.05, 3.63) is 62.9 Å². The van der Waals surface area contributed by atoms with Crippen molar-refractivity contribution in [2.45, 2.75) is 44.6 Å². The Kier molecular flexibility index (Phi) is 7.28. The molecule has 1 saturated carbocycles. The first-order valence-corrected chi connectivity index (χ1v) is 11.9. The van der Waals surface area contributed by atoms with Crippen molar-refractivity contribution in [2.75, 3.05) is 26.8 Å². The number of hydrogen-bond donors (Lipinski definition) is 0. The molecule has 0 bridgehead atoms. The van der Waals surface area contributed by atoms with Crippen molar-refractivity contribution >= 4 is 29.2 Å². The number of likely N-dealkylation sites (tertiary alicyclic amines) is 1. The molecule has 0 amide bonds. The van der Waals surface area contributed by atoms with Crippen LogP contribution in [-0.2, 0) is 4.74 Å². The zero-order valence-corrected chi connectivity index (χ0v) is 19.9. The summed E-state index contributed by atoms with van der Waals surface area (Å²) in [7, 11) is 1.26. The molecule has 1 saturated heterocycles. The molecule has 1 unspecified atom stereocenters. The third kappa shape index (κ3) is 5.38. The van der Waals surface area contributed by atoms with E-state index in [0.717, 1.165) is 49.9 Å². The van der Waals surface area contributed by atoms with Crippen LogP contribution in [0, 0.1) is 11.7 Å². The largest absolute Gasteiger partial charge is 0.493 e. The van der Waals surface area contributed by atoms with E-state index in [1.807, 2.05) is 12.1 Å². The van der Waals surface area contributed by atoms with E-state index in [-0.39, 0.29) is 11.6 Å². The summed E-state index contributed by atoms with van der Waals surface area (Å²) in [5.74, 6) is -0.0629. The maximum absolute atomic E-state index is 14.5. The fraction of sp³-hybridized carbons (Fsp3) is 0.480. The topological polar surface area (TPSA) is 38.8 Å². The first kappa shape index (κ1) is 23.3. The number of piperidine rings is 1. The summed E-state index contributed by atoms with van der Waals surface area (Å²) in [5, 5.41) is 1.28. The highest BCUT2D eigenvalue weighted by Crippen LogP contribution is 2.45. The minimum absolute atomic E-state index is 0.0281. The van der Waals surface area contributed by atoms with Gasteiger partial charge in [-0.15, -0.1) is 0 Å². The summed E-state index contributed by atoms with van der Waals surface area (Å²) < 4.78 is 25.4. The molecule has 2 atom stereocenters. The molecule has 32 heavy (non-hydrogen) atoms. The molecule has 2 aliphatic rings. The average molecular weight is 480 g/mol. The highest BCUT2D eigenvalue weighted by molar-refractivity contribution is 6.34. The Morgan fingerprint density at radius 3 is 2.53 bits per heavy atom. The summed E-state index contributed by atoms with van der Waals surface area (Å²) in [4.78, 5) is 14.3. The van der Waals surface area contributed by atoms with E-state index < -0.39 is 11.8 Å². The quantitative estimate of drug-likeness (QED) is 0.416. The number of ether oxygens (including phenoxy) is 2. The fourth-order valence-corrected chi connectivity index (χ4v) is 5.04. The Morgan fingerprint density at radius 2 is 1.88 bits per heavy atom. The molecule has 1 heterocycles. The van der Waals surface area contributed by atoms with Crippen LogP contribution in [0.1, 0.15) is 66.1 Å². The Balaban J connectivity index is 1.44. The maximum atomic E-state index is 14.5. The second kappa shape index (κ2) is 9.98. The summed E-state index contributed by atoms with van der Waals surface area (Å²) in [5.41, 5.74) is 1.97. The van der Waals surface area contributed by atoms with E-state index in [0.29, 0.717) is 34.2 Å². The van der Waals surface area contributed by atoms with E-state index in [9.17, 15) is 9.18 Å². The third-order valence-electron chi connectivity index (χ3n) is 6.46. The van der Waals surface area contributed by atoms with Gasteiger partial charge in [0.05, 0.1) is 19.3 Å². The lowest BCUT2D eigenvalue weighted by Crippen LogP contribution is -2.39. The van der Waals surface area contributed by atoms with Crippen molar-refractivity contribution in [1.29, 1.82) is 0 Å². The third-order valence-corrected chi connectivity index (χ3v) is 6.90. The number of benzene rings is 2. The van der Waals surface area contributed by atoms with E-state index in [2.05, 4.69) is 11.8 Å². The van der Waals surface area contributed by atoms with Crippen LogP contribution in [0.2, 0.25) is 10.0 Å². The zero-order chi connectivity index (χ0) is 22.8. The van der Waals surface area contributed by atoms with Gasteiger partial charge >= 0.3 is 5.97 Å². The SMILES string of the molecule is COC(=O)c1cc(C2CC2)c(OC[C@H]2CCCN(C(C)c3cc(Cl)cc(Cl)c3)C2)cc1F. The molecule has 0 radical (unpaired) electrons. The number of hydrogen-bond acceptors (Lipinski definition) is 4. The fourth-order valence-electron chi connectivity index (χ4n) is 4.50. The van der Waals surface area contributed by atoms with Gasteiger partial charge in [-0.25, -0.2) is 9.18 Å². The molecule has 2 aromatic rings. The molecule has 7 heteroatoms. The first-order valence-electron chi connectivity index (χ1n) is 11.1. The number of halogens is 3. The van der Waals surface area contributed by atoms with Gasteiger partial charge in [-0.1, -0.05) is 23.2 Å². The maximum Gasteiger partial charge on any atom is 0.340 e. The second-order valence-corrected chi connectivity index (χ2v) is 9.70. The number of carbonyl (C=O) groups is 1. The van der Waals surface area contributed by atoms with Crippen LogP contribution in [0.3, 0.4) is 0 Å². The average Bonchev–Trinajstić information content (AvgIpc) is 3.61. The Bertz CT molecular complexity index is 975. The zero-order valence-electron chi connectivity index (χ0n) is 18.4. The van der Waals surface area contributed by atoms with Gasteiger partial charge in [-0.3, -0.25) is 4.90 Å². The number of rotatable bonds is 7. The van der Waals surface area contributed by atoms with Crippen LogP contribution < -0.4 is 4.74 Å². The van der Waals surface area contributed by atoms with Gasteiger partial charge in [-0.2, -0.15) is 0 Å². The number of esters is 1. The monoisotopic (exact) mass is 479 g/mol. The molecule has 0 spiro atoms. The molecular weight excluding hydrogens is 452 g/mol. The standard InChI is InChI=1S/C25H28Cl2FNO3/c1-15(18-8-19(26)10-20(27)9-18)29-7-3-4-16(13-29)14-32-24-12-23(28)22(25(30)31-2)11-21(24)17-5-6-17/h8-12,15-17H,3-7,13-14H2,1-2H3/t15?,16-/m0/s1. The molecule has 0 N–H and O–H groups in total. The molecule has 1 aliphatic carbocycles. The van der Waals surface area contributed by atoms with Gasteiger partial charge in [0.1, 0.15) is 11.6 Å². The van der Waals surface area contributed by atoms with Gasteiger partial charge in [-0.05, 0) is 80.5 Å². The van der Waals surface area contributed by atoms with Crippen molar-refractivity contribution in [3.63, 3.8) is 0 Å². The van der Waals surface area contributed by atoms with Crippen molar-refractivity contribution in [3.8, 4) is 5.75 Å². The van der Waals surface area contributed by atoms with Gasteiger partial charge < -0.3 is 9.47 Å². The first-order chi connectivity index (χ1) is 15.4. The summed E-state index contributed by atoms with van der Waals surface area (Å²) in [6, 6.07) is 8.81. The predicted molar refractivity (Wildman–Crippen MR) is 124 cm³/mol. The van der Waals surface area contributed by atoms with Gasteiger partial charge in [0.25, 0.3) is 0 Å². The van der Waals surface area contributed by atoms with Gasteiger partial charge in [0.15, 0.2) is 0 Å². The molecule has 1 aliphatic heterocycles. The van der Waals surface area contributed by atoms with Crippen molar-refractivity contribution in [1.82, 2.24) is 4.90 Å². The minimum Gasteiger partial charge on any atom is -0.493 e. The summed E-state index contributed by atoms with van der Waals surface area (Å²) in [6.07, 6.45) is 4.18. The van der Waals surface area contributed by atoms with E-state index >= 15 is 0 Å². The van der Waals surface area contributed by atoms with Crippen LogP contribution >= 0.6 is 23.2 Å². The molecule has 4 nitrogen and oxygen atoms in total. The second-order valence-electron chi connectivity index (χ2n) is 8.83. The predicted octanol–water partition coefficient (Wildman–Crippen LogP) is 6.65. The van der Waals surface area contributed by atoms with Crippen molar-refractivity contribution in [2.24, 2.45) is 5.92 Å². The van der Waals surface area contributed by atoms with Gasteiger partial charge in [0, 0.05) is 34.6 Å². The number of carbonyl (C=O) groups excluding carboxylic acids is 1. The molecule has 0 aromatic heterocycles. The van der Waals surface area contributed by atoms with E-state index in [1.165, 1.54) is 13.2 Å². The van der Waals surface area contributed by atoms with Crippen LogP contribution in [0.15, 0.2) is 30.3 Å². The smallest absolute Gasteiger partial charge is 0.340 e. The molecule has 2 fully saturated rings. The summed E-state index contributed by atoms with van der Waals surface area (Å²) >= 11 is 12.4. The van der Waals surface area contributed by atoms with Crippen LogP contribution in [0.5, 0.6) is 5.75 Å². The molecular formula is C25H28Cl2FNO3.